The molecule has 0 saturated carbocycles. The molecule has 2 rings (SSSR count). The van der Waals surface area contributed by atoms with E-state index in [1.165, 1.54) is 0 Å². The fourth-order valence-corrected chi connectivity index (χ4v) is 3.43. The highest BCUT2D eigenvalue weighted by molar-refractivity contribution is 7.51. The molecule has 0 spiro atoms. The maximum absolute atomic E-state index is 12.3. The van der Waals surface area contributed by atoms with Crippen LogP contribution in [0.3, 0.4) is 0 Å². The van der Waals surface area contributed by atoms with Gasteiger partial charge in [0.2, 0.25) is 0 Å². The molecule has 0 aliphatic carbocycles. The second-order valence-electron chi connectivity index (χ2n) is 6.32. The summed E-state index contributed by atoms with van der Waals surface area (Å²) in [5, 5.41) is 0. The number of esters is 2. The smallest absolute Gasteiger partial charge is 0.326 e. The maximum atomic E-state index is 12.3. The van der Waals surface area contributed by atoms with Crippen molar-refractivity contribution in [1.82, 2.24) is 0 Å². The number of carbonyl (C=O) groups excluding carboxylic acids is 2. The van der Waals surface area contributed by atoms with Crippen LogP contribution in [0.15, 0.2) is 60.7 Å². The van der Waals surface area contributed by atoms with Gasteiger partial charge in [0, 0.05) is 6.42 Å². The quantitative estimate of drug-likeness (QED) is 0.461. The molecule has 0 aromatic heterocycles. The fraction of sp³-hybridized carbons (Fsp3) is 0.300. The molecule has 28 heavy (non-hydrogen) atoms. The van der Waals surface area contributed by atoms with Crippen molar-refractivity contribution in [3.05, 3.63) is 71.8 Å². The van der Waals surface area contributed by atoms with E-state index in [0.717, 1.165) is 11.1 Å². The molecule has 0 aliphatic heterocycles. The number of hydrogen-bond acceptors (Lipinski definition) is 5. The Labute approximate surface area is 163 Å². The molecule has 0 aliphatic rings. The van der Waals surface area contributed by atoms with Crippen molar-refractivity contribution < 1.29 is 33.4 Å². The summed E-state index contributed by atoms with van der Waals surface area (Å²) in [7, 11) is -4.45. The van der Waals surface area contributed by atoms with E-state index in [-0.39, 0.29) is 26.1 Å². The van der Waals surface area contributed by atoms with Crippen molar-refractivity contribution in [2.75, 3.05) is 6.16 Å². The number of ether oxygens (including phenoxy) is 2. The van der Waals surface area contributed by atoms with E-state index in [0.29, 0.717) is 0 Å². The predicted molar refractivity (Wildman–Crippen MR) is 102 cm³/mol. The summed E-state index contributed by atoms with van der Waals surface area (Å²) in [4.78, 5) is 42.6. The minimum atomic E-state index is -4.45. The molecule has 0 bridgehead atoms. The minimum Gasteiger partial charge on any atom is -0.461 e. The van der Waals surface area contributed by atoms with Crippen LogP contribution in [-0.2, 0) is 36.8 Å². The first-order valence-electron chi connectivity index (χ1n) is 8.78. The molecule has 0 amide bonds. The third kappa shape index (κ3) is 8.48. The number of carbonyl (C=O) groups is 2. The summed E-state index contributed by atoms with van der Waals surface area (Å²) >= 11 is 0. The van der Waals surface area contributed by atoms with Gasteiger partial charge in [-0.25, -0.2) is 0 Å². The molecule has 0 fully saturated rings. The van der Waals surface area contributed by atoms with Crippen molar-refractivity contribution in [3.63, 3.8) is 0 Å². The molecular formula is C20H23O7P. The van der Waals surface area contributed by atoms with Gasteiger partial charge in [0.1, 0.15) is 13.2 Å². The van der Waals surface area contributed by atoms with E-state index >= 15 is 0 Å². The molecule has 2 aromatic carbocycles. The molecule has 7 nitrogen and oxygen atoms in total. The van der Waals surface area contributed by atoms with Crippen LogP contribution in [0.2, 0.25) is 0 Å². The van der Waals surface area contributed by atoms with Gasteiger partial charge in [-0.1, -0.05) is 60.7 Å². The van der Waals surface area contributed by atoms with Gasteiger partial charge in [0.25, 0.3) is 0 Å². The summed E-state index contributed by atoms with van der Waals surface area (Å²) in [5.74, 6) is -2.38. The average Bonchev–Trinajstić information content (AvgIpc) is 2.68. The lowest BCUT2D eigenvalue weighted by Crippen LogP contribution is -2.23. The summed E-state index contributed by atoms with van der Waals surface area (Å²) in [6, 6.07) is 18.1. The summed E-state index contributed by atoms with van der Waals surface area (Å²) in [6.07, 6.45) is -0.878. The standard InChI is InChI=1S/C20H23O7P/c21-19(26-13-16-7-3-1-4-8-16)12-11-18(15-28(23,24)25)20(22)27-14-17-9-5-2-6-10-17/h1-10,18H,11-15H2,(H2,23,24,25)/t18-/m0/s1. The van der Waals surface area contributed by atoms with Gasteiger partial charge in [-0.3, -0.25) is 14.2 Å². The number of benzene rings is 2. The highest BCUT2D eigenvalue weighted by Crippen LogP contribution is 2.38. The molecule has 0 saturated heterocycles. The van der Waals surface area contributed by atoms with Crippen molar-refractivity contribution in [2.45, 2.75) is 26.1 Å². The number of rotatable bonds is 10. The van der Waals surface area contributed by atoms with Gasteiger partial charge < -0.3 is 19.3 Å². The zero-order valence-corrected chi connectivity index (χ0v) is 16.2. The Hall–Kier alpha value is -2.47. The lowest BCUT2D eigenvalue weighted by atomic mass is 10.1. The zero-order chi connectivity index (χ0) is 20.4. The molecule has 0 unspecified atom stereocenters. The lowest BCUT2D eigenvalue weighted by Gasteiger charge is -2.16. The van der Waals surface area contributed by atoms with Crippen molar-refractivity contribution in [1.29, 1.82) is 0 Å². The van der Waals surface area contributed by atoms with Crippen LogP contribution in [0.5, 0.6) is 0 Å². The van der Waals surface area contributed by atoms with Crippen LogP contribution >= 0.6 is 7.60 Å². The molecule has 0 radical (unpaired) electrons. The molecule has 0 heterocycles. The van der Waals surface area contributed by atoms with Gasteiger partial charge in [-0.15, -0.1) is 0 Å². The van der Waals surface area contributed by atoms with E-state index in [1.807, 2.05) is 36.4 Å². The topological polar surface area (TPSA) is 110 Å². The third-order valence-electron chi connectivity index (χ3n) is 3.96. The Morgan fingerprint density at radius 3 is 1.86 bits per heavy atom. The lowest BCUT2D eigenvalue weighted by molar-refractivity contribution is -0.150. The second kappa shape index (κ2) is 10.8. The van der Waals surface area contributed by atoms with Gasteiger partial charge in [-0.2, -0.15) is 0 Å². The summed E-state index contributed by atoms with van der Waals surface area (Å²) < 4.78 is 21.6. The van der Waals surface area contributed by atoms with Crippen LogP contribution in [0, 0.1) is 5.92 Å². The largest absolute Gasteiger partial charge is 0.461 e. The SMILES string of the molecule is O=C(CC[C@@H](CP(=O)(O)O)C(=O)OCc1ccccc1)OCc1ccccc1. The Morgan fingerprint density at radius 2 is 1.36 bits per heavy atom. The Morgan fingerprint density at radius 1 is 0.857 bits per heavy atom. The molecule has 1 atom stereocenters. The van der Waals surface area contributed by atoms with Crippen LogP contribution in [0.1, 0.15) is 24.0 Å². The molecule has 8 heteroatoms. The fourth-order valence-electron chi connectivity index (χ4n) is 2.52. The van der Waals surface area contributed by atoms with Gasteiger partial charge in [-0.05, 0) is 17.5 Å². The van der Waals surface area contributed by atoms with Gasteiger partial charge >= 0.3 is 19.5 Å². The van der Waals surface area contributed by atoms with Crippen LogP contribution < -0.4 is 0 Å². The first-order valence-corrected chi connectivity index (χ1v) is 10.6. The number of hydrogen-bond donors (Lipinski definition) is 2. The van der Waals surface area contributed by atoms with Crippen LogP contribution in [0.4, 0.5) is 0 Å². The van der Waals surface area contributed by atoms with E-state index in [1.54, 1.807) is 24.3 Å². The highest BCUT2D eigenvalue weighted by Gasteiger charge is 2.29. The van der Waals surface area contributed by atoms with Crippen LogP contribution in [0.25, 0.3) is 0 Å². The average molecular weight is 406 g/mol. The highest BCUT2D eigenvalue weighted by atomic mass is 31.2. The first kappa shape index (κ1) is 21.8. The second-order valence-corrected chi connectivity index (χ2v) is 8.02. The van der Waals surface area contributed by atoms with E-state index in [4.69, 9.17) is 9.47 Å². The monoisotopic (exact) mass is 406 g/mol. The van der Waals surface area contributed by atoms with Gasteiger partial charge in [0.15, 0.2) is 0 Å². The van der Waals surface area contributed by atoms with E-state index < -0.39 is 31.6 Å². The van der Waals surface area contributed by atoms with Crippen molar-refractivity contribution in [3.8, 4) is 0 Å². The molecule has 2 aromatic rings. The molecule has 150 valence electrons. The predicted octanol–water partition coefficient (Wildman–Crippen LogP) is 3.05. The Bertz CT molecular complexity index is 802. The first-order chi connectivity index (χ1) is 13.3. The summed E-state index contributed by atoms with van der Waals surface area (Å²) in [6.45, 7) is 0.0943. The molecule has 2 N–H and O–H groups in total. The van der Waals surface area contributed by atoms with Crippen molar-refractivity contribution in [2.24, 2.45) is 5.92 Å². The van der Waals surface area contributed by atoms with E-state index in [9.17, 15) is 23.9 Å². The zero-order valence-electron chi connectivity index (χ0n) is 15.3. The normalized spacial score (nSPS) is 12.2. The summed E-state index contributed by atoms with van der Waals surface area (Å²) in [5.41, 5.74) is 1.58. The minimum absolute atomic E-state index is 0.00418. The van der Waals surface area contributed by atoms with Gasteiger partial charge in [0.05, 0.1) is 12.1 Å². The van der Waals surface area contributed by atoms with Crippen molar-refractivity contribution >= 4 is 19.5 Å². The van der Waals surface area contributed by atoms with Crippen LogP contribution in [-0.4, -0.2) is 27.9 Å². The Balaban J connectivity index is 1.86. The third-order valence-corrected chi connectivity index (χ3v) is 4.87. The maximum Gasteiger partial charge on any atom is 0.326 e. The van der Waals surface area contributed by atoms with E-state index in [2.05, 4.69) is 0 Å². The molecular weight excluding hydrogens is 383 g/mol. The Kier molecular flexibility index (Phi) is 8.39.